The topological polar surface area (TPSA) is 64.6 Å². The van der Waals surface area contributed by atoms with Crippen LogP contribution < -0.4 is 5.32 Å². The number of carbonyl (C=O) groups excluding carboxylic acids is 2. The number of carbonyl (C=O) groups is 2. The van der Waals surface area contributed by atoms with Crippen LogP contribution in [0.1, 0.15) is 27.2 Å². The van der Waals surface area contributed by atoms with Gasteiger partial charge in [-0.2, -0.15) is 0 Å². The van der Waals surface area contributed by atoms with Gasteiger partial charge in [-0.3, -0.25) is 0 Å². The summed E-state index contributed by atoms with van der Waals surface area (Å²) in [7, 11) is 1.29. The standard InChI is InChI=1S/C10H16BrNO4/c1-9(2,3)16-8(14)12-10(5-6(10)11)7(13)15-4/h6H,5H2,1-4H3,(H,12,14)/t6-,10+/m1/s1. The summed E-state index contributed by atoms with van der Waals surface area (Å²) in [6.07, 6.45) is -0.0984. The summed E-state index contributed by atoms with van der Waals surface area (Å²) in [5.41, 5.74) is -1.55. The van der Waals surface area contributed by atoms with Crippen molar-refractivity contribution in [2.75, 3.05) is 7.11 Å². The highest BCUT2D eigenvalue weighted by molar-refractivity contribution is 9.09. The van der Waals surface area contributed by atoms with E-state index in [1.807, 2.05) is 0 Å². The van der Waals surface area contributed by atoms with Crippen molar-refractivity contribution in [3.63, 3.8) is 0 Å². The largest absolute Gasteiger partial charge is 0.467 e. The maximum Gasteiger partial charge on any atom is 0.408 e. The lowest BCUT2D eigenvalue weighted by molar-refractivity contribution is -0.144. The van der Waals surface area contributed by atoms with Crippen molar-refractivity contribution < 1.29 is 19.1 Å². The number of alkyl carbamates (subject to hydrolysis) is 1. The van der Waals surface area contributed by atoms with E-state index >= 15 is 0 Å². The Morgan fingerprint density at radius 2 is 1.94 bits per heavy atom. The van der Waals surface area contributed by atoms with Gasteiger partial charge in [-0.15, -0.1) is 0 Å². The smallest absolute Gasteiger partial charge is 0.408 e. The Kier molecular flexibility index (Phi) is 3.52. The van der Waals surface area contributed by atoms with Crippen LogP contribution in [0.5, 0.6) is 0 Å². The summed E-state index contributed by atoms with van der Waals surface area (Å²) in [5, 5.41) is 2.54. The van der Waals surface area contributed by atoms with Crippen LogP contribution in [0.15, 0.2) is 0 Å². The third-order valence-corrected chi connectivity index (χ3v) is 3.25. The van der Waals surface area contributed by atoms with E-state index in [0.29, 0.717) is 6.42 Å². The zero-order valence-corrected chi connectivity index (χ0v) is 11.4. The molecule has 0 aromatic carbocycles. The molecule has 0 heterocycles. The molecule has 1 rings (SSSR count). The molecule has 1 saturated carbocycles. The van der Waals surface area contributed by atoms with Gasteiger partial charge in [0.2, 0.25) is 0 Å². The molecule has 0 radical (unpaired) electrons. The predicted octanol–water partition coefficient (Wildman–Crippen LogP) is 1.59. The van der Waals surface area contributed by atoms with Crippen LogP contribution in [0.25, 0.3) is 0 Å². The first-order valence-electron chi connectivity index (χ1n) is 4.95. The Morgan fingerprint density at radius 1 is 1.44 bits per heavy atom. The van der Waals surface area contributed by atoms with Gasteiger partial charge < -0.3 is 14.8 Å². The van der Waals surface area contributed by atoms with Crippen molar-refractivity contribution in [2.45, 2.75) is 43.2 Å². The van der Waals surface area contributed by atoms with Gasteiger partial charge in [-0.05, 0) is 27.2 Å². The number of hydrogen-bond acceptors (Lipinski definition) is 4. The highest BCUT2D eigenvalue weighted by atomic mass is 79.9. The predicted molar refractivity (Wildman–Crippen MR) is 61.4 cm³/mol. The molecule has 0 aromatic rings. The third kappa shape index (κ3) is 2.87. The van der Waals surface area contributed by atoms with Gasteiger partial charge in [0.05, 0.1) is 11.9 Å². The molecule has 0 aliphatic heterocycles. The van der Waals surface area contributed by atoms with Gasteiger partial charge in [0.15, 0.2) is 5.54 Å². The monoisotopic (exact) mass is 293 g/mol. The van der Waals surface area contributed by atoms with E-state index in [4.69, 9.17) is 4.74 Å². The first-order valence-corrected chi connectivity index (χ1v) is 5.86. The molecule has 0 bridgehead atoms. The van der Waals surface area contributed by atoms with Crippen molar-refractivity contribution >= 4 is 28.0 Å². The van der Waals surface area contributed by atoms with E-state index in [-0.39, 0.29) is 4.83 Å². The highest BCUT2D eigenvalue weighted by Crippen LogP contribution is 2.43. The number of halogens is 1. The minimum absolute atomic E-state index is 0.0973. The fraction of sp³-hybridized carbons (Fsp3) is 0.800. The fourth-order valence-electron chi connectivity index (χ4n) is 1.28. The summed E-state index contributed by atoms with van der Waals surface area (Å²) in [4.78, 5) is 22.9. The first-order chi connectivity index (χ1) is 7.21. The Bertz CT molecular complexity index is 312. The van der Waals surface area contributed by atoms with Crippen molar-refractivity contribution in [1.82, 2.24) is 5.32 Å². The van der Waals surface area contributed by atoms with Crippen molar-refractivity contribution in [1.29, 1.82) is 0 Å². The molecule has 5 nitrogen and oxygen atoms in total. The molecule has 1 aliphatic carbocycles. The number of nitrogens with one attached hydrogen (secondary N) is 1. The van der Waals surface area contributed by atoms with Crippen LogP contribution in [-0.4, -0.2) is 35.1 Å². The second-order valence-corrected chi connectivity index (χ2v) is 5.87. The van der Waals surface area contributed by atoms with E-state index in [0.717, 1.165) is 0 Å². The Labute approximate surface area is 103 Å². The van der Waals surface area contributed by atoms with Crippen LogP contribution in [0.4, 0.5) is 4.79 Å². The van der Waals surface area contributed by atoms with Crippen LogP contribution in [0.3, 0.4) is 0 Å². The van der Waals surface area contributed by atoms with Crippen LogP contribution in [0, 0.1) is 0 Å². The first kappa shape index (κ1) is 13.3. The van der Waals surface area contributed by atoms with Gasteiger partial charge >= 0.3 is 12.1 Å². The lowest BCUT2D eigenvalue weighted by Gasteiger charge is -2.22. The molecule has 16 heavy (non-hydrogen) atoms. The minimum Gasteiger partial charge on any atom is -0.467 e. The fourth-order valence-corrected chi connectivity index (χ4v) is 2.10. The highest BCUT2D eigenvalue weighted by Gasteiger charge is 2.62. The maximum absolute atomic E-state index is 11.5. The van der Waals surface area contributed by atoms with E-state index in [1.54, 1.807) is 20.8 Å². The van der Waals surface area contributed by atoms with Gasteiger partial charge in [-0.25, -0.2) is 9.59 Å². The zero-order valence-electron chi connectivity index (χ0n) is 9.80. The van der Waals surface area contributed by atoms with Crippen molar-refractivity contribution in [2.24, 2.45) is 0 Å². The summed E-state index contributed by atoms with van der Waals surface area (Å²) < 4.78 is 9.72. The van der Waals surface area contributed by atoms with Crippen LogP contribution >= 0.6 is 15.9 Å². The zero-order chi connectivity index (χ0) is 12.6. The average molecular weight is 294 g/mol. The lowest BCUT2D eigenvalue weighted by atomic mass is 10.2. The summed E-state index contributed by atoms with van der Waals surface area (Å²) >= 11 is 3.28. The maximum atomic E-state index is 11.5. The Morgan fingerprint density at radius 3 is 2.25 bits per heavy atom. The molecule has 92 valence electrons. The number of hydrogen-bond donors (Lipinski definition) is 1. The molecule has 0 unspecified atom stereocenters. The van der Waals surface area contributed by atoms with Gasteiger partial charge in [0.1, 0.15) is 5.60 Å². The van der Waals surface area contributed by atoms with E-state index < -0.39 is 23.2 Å². The molecule has 1 aliphatic rings. The SMILES string of the molecule is COC(=O)[C@]1(NC(=O)OC(C)(C)C)C[C@H]1Br. The van der Waals surface area contributed by atoms with E-state index in [2.05, 4.69) is 26.0 Å². The van der Waals surface area contributed by atoms with Crippen LogP contribution in [-0.2, 0) is 14.3 Å². The number of ether oxygens (including phenoxy) is 2. The minimum atomic E-state index is -0.961. The van der Waals surface area contributed by atoms with Crippen molar-refractivity contribution in [3.05, 3.63) is 0 Å². The lowest BCUT2D eigenvalue weighted by Crippen LogP contribution is -2.47. The number of methoxy groups -OCH3 is 1. The molecular weight excluding hydrogens is 278 g/mol. The van der Waals surface area contributed by atoms with Gasteiger partial charge in [-0.1, -0.05) is 15.9 Å². The van der Waals surface area contributed by atoms with E-state index in [1.165, 1.54) is 7.11 Å². The van der Waals surface area contributed by atoms with Crippen LogP contribution in [0.2, 0.25) is 0 Å². The summed E-state index contributed by atoms with van der Waals surface area (Å²) in [6, 6.07) is 0. The molecule has 1 amide bonds. The molecule has 6 heteroatoms. The summed E-state index contributed by atoms with van der Waals surface area (Å²) in [6.45, 7) is 5.28. The number of esters is 1. The normalized spacial score (nSPS) is 28.2. The summed E-state index contributed by atoms with van der Waals surface area (Å²) in [5.74, 6) is -0.458. The van der Waals surface area contributed by atoms with E-state index in [9.17, 15) is 9.59 Å². The second kappa shape index (κ2) is 4.24. The number of amides is 1. The molecule has 0 spiro atoms. The van der Waals surface area contributed by atoms with Crippen molar-refractivity contribution in [3.8, 4) is 0 Å². The number of rotatable bonds is 2. The molecule has 2 atom stereocenters. The molecule has 0 saturated heterocycles. The molecule has 1 fully saturated rings. The van der Waals surface area contributed by atoms with Gasteiger partial charge in [0.25, 0.3) is 0 Å². The number of alkyl halides is 1. The third-order valence-electron chi connectivity index (χ3n) is 2.15. The quantitative estimate of drug-likeness (QED) is 0.620. The average Bonchev–Trinajstić information content (AvgIpc) is 2.72. The molecular formula is C10H16BrNO4. The molecule has 1 N–H and O–H groups in total. The second-order valence-electron chi connectivity index (χ2n) is 4.76. The molecule has 0 aromatic heterocycles. The van der Waals surface area contributed by atoms with Gasteiger partial charge in [0, 0.05) is 0 Å². The Balaban J connectivity index is 2.59. The Hall–Kier alpha value is -0.780.